The maximum Gasteiger partial charge on any atom is 0.416 e. The number of nitrogens with one attached hydrogen (secondary N) is 1. The Labute approximate surface area is 103 Å². The van der Waals surface area contributed by atoms with E-state index in [0.29, 0.717) is 12.1 Å². The molecular formula is C12H13F3N2O. The molecule has 3 nitrogen and oxygen atoms in total. The molecule has 0 amide bonds. The molecule has 0 heterocycles. The third-order valence-electron chi connectivity index (χ3n) is 2.54. The Morgan fingerprint density at radius 1 is 1.44 bits per heavy atom. The first-order valence-corrected chi connectivity index (χ1v) is 5.41. The summed E-state index contributed by atoms with van der Waals surface area (Å²) in [6.45, 7) is 1.67. The molecule has 1 aromatic carbocycles. The van der Waals surface area contributed by atoms with Gasteiger partial charge in [0.1, 0.15) is 6.07 Å². The van der Waals surface area contributed by atoms with Crippen LogP contribution in [0.1, 0.15) is 24.5 Å². The molecule has 0 aliphatic rings. The van der Waals surface area contributed by atoms with Crippen LogP contribution < -0.4 is 5.32 Å². The van der Waals surface area contributed by atoms with E-state index in [-0.39, 0.29) is 18.2 Å². The molecule has 0 saturated carbocycles. The summed E-state index contributed by atoms with van der Waals surface area (Å²) < 4.78 is 37.4. The van der Waals surface area contributed by atoms with Crippen molar-refractivity contribution < 1.29 is 18.3 Å². The zero-order valence-electron chi connectivity index (χ0n) is 9.75. The molecule has 6 heteroatoms. The van der Waals surface area contributed by atoms with Gasteiger partial charge in [-0.2, -0.15) is 18.4 Å². The second-order valence-corrected chi connectivity index (χ2v) is 3.80. The van der Waals surface area contributed by atoms with Crippen LogP contribution in [0.5, 0.6) is 0 Å². The summed E-state index contributed by atoms with van der Waals surface area (Å²) in [5.74, 6) is 0. The van der Waals surface area contributed by atoms with E-state index in [4.69, 9.17) is 10.4 Å². The number of halogens is 3. The van der Waals surface area contributed by atoms with Crippen molar-refractivity contribution in [2.24, 2.45) is 0 Å². The van der Waals surface area contributed by atoms with Crippen LogP contribution in [0.3, 0.4) is 0 Å². The molecule has 0 fully saturated rings. The number of nitrogens with zero attached hydrogens (tertiary/aromatic N) is 1. The molecule has 1 unspecified atom stereocenters. The molecule has 0 bridgehead atoms. The number of benzene rings is 1. The number of hydrogen-bond acceptors (Lipinski definition) is 3. The largest absolute Gasteiger partial charge is 0.416 e. The van der Waals surface area contributed by atoms with Crippen molar-refractivity contribution in [3.05, 3.63) is 29.3 Å². The van der Waals surface area contributed by atoms with Gasteiger partial charge in [-0.05, 0) is 24.6 Å². The molecule has 0 aromatic heterocycles. The summed E-state index contributed by atoms with van der Waals surface area (Å²) in [6.07, 6.45) is -3.87. The fourth-order valence-electron chi connectivity index (χ4n) is 1.44. The Kier molecular flexibility index (Phi) is 4.56. The molecule has 2 N–H and O–H groups in total. The number of nitriles is 1. The highest BCUT2D eigenvalue weighted by atomic mass is 19.4. The van der Waals surface area contributed by atoms with Crippen LogP contribution in [-0.2, 0) is 6.18 Å². The first-order valence-electron chi connectivity index (χ1n) is 5.41. The molecular weight excluding hydrogens is 245 g/mol. The van der Waals surface area contributed by atoms with E-state index in [9.17, 15) is 13.2 Å². The molecule has 1 rings (SSSR count). The average molecular weight is 258 g/mol. The third kappa shape index (κ3) is 3.37. The van der Waals surface area contributed by atoms with E-state index in [0.717, 1.165) is 12.1 Å². The highest BCUT2D eigenvalue weighted by Crippen LogP contribution is 2.31. The lowest BCUT2D eigenvalue weighted by Gasteiger charge is -2.17. The number of hydrogen-bond donors (Lipinski definition) is 2. The lowest BCUT2D eigenvalue weighted by Crippen LogP contribution is -2.23. The minimum atomic E-state index is -4.47. The van der Waals surface area contributed by atoms with E-state index in [1.165, 1.54) is 6.07 Å². The molecule has 0 spiro atoms. The van der Waals surface area contributed by atoms with Crippen LogP contribution >= 0.6 is 0 Å². The van der Waals surface area contributed by atoms with Gasteiger partial charge < -0.3 is 10.4 Å². The van der Waals surface area contributed by atoms with Gasteiger partial charge in [0.2, 0.25) is 0 Å². The summed E-state index contributed by atoms with van der Waals surface area (Å²) >= 11 is 0. The Morgan fingerprint density at radius 2 is 2.11 bits per heavy atom. The lowest BCUT2D eigenvalue weighted by atomic mass is 10.1. The molecule has 18 heavy (non-hydrogen) atoms. The summed E-state index contributed by atoms with van der Waals surface area (Å²) in [5.41, 5.74) is -0.648. The SMILES string of the molecule is CCC(CO)Nc1ccc(C(F)(F)F)cc1C#N. The van der Waals surface area contributed by atoms with Gasteiger partial charge in [0.25, 0.3) is 0 Å². The minimum absolute atomic E-state index is 0.0864. The van der Waals surface area contributed by atoms with Crippen molar-refractivity contribution in [2.75, 3.05) is 11.9 Å². The summed E-state index contributed by atoms with van der Waals surface area (Å²) in [7, 11) is 0. The molecule has 0 aliphatic carbocycles. The van der Waals surface area contributed by atoms with Crippen molar-refractivity contribution in [1.82, 2.24) is 0 Å². The van der Waals surface area contributed by atoms with Crippen LogP contribution in [0, 0.1) is 11.3 Å². The number of aliphatic hydroxyl groups is 1. The lowest BCUT2D eigenvalue weighted by molar-refractivity contribution is -0.137. The Bertz CT molecular complexity index is 448. The van der Waals surface area contributed by atoms with Gasteiger partial charge in [-0.1, -0.05) is 6.92 Å². The van der Waals surface area contributed by atoms with Crippen LogP contribution in [0.15, 0.2) is 18.2 Å². The van der Waals surface area contributed by atoms with Crippen molar-refractivity contribution in [3.63, 3.8) is 0 Å². The summed E-state index contributed by atoms with van der Waals surface area (Å²) in [5, 5.41) is 20.7. The fourth-order valence-corrected chi connectivity index (χ4v) is 1.44. The monoisotopic (exact) mass is 258 g/mol. The van der Waals surface area contributed by atoms with Gasteiger partial charge in [0, 0.05) is 6.04 Å². The maximum absolute atomic E-state index is 12.5. The van der Waals surface area contributed by atoms with Gasteiger partial charge in [-0.3, -0.25) is 0 Å². The van der Waals surface area contributed by atoms with Crippen molar-refractivity contribution in [1.29, 1.82) is 5.26 Å². The van der Waals surface area contributed by atoms with Crippen LogP contribution in [0.2, 0.25) is 0 Å². The topological polar surface area (TPSA) is 56.0 Å². The summed E-state index contributed by atoms with van der Waals surface area (Å²) in [4.78, 5) is 0. The Hall–Kier alpha value is -1.74. The number of rotatable bonds is 4. The first-order chi connectivity index (χ1) is 8.42. The van der Waals surface area contributed by atoms with Crippen LogP contribution in [0.25, 0.3) is 0 Å². The van der Waals surface area contributed by atoms with Crippen molar-refractivity contribution in [3.8, 4) is 6.07 Å². The molecule has 0 radical (unpaired) electrons. The Morgan fingerprint density at radius 3 is 2.56 bits per heavy atom. The average Bonchev–Trinajstić information content (AvgIpc) is 2.34. The minimum Gasteiger partial charge on any atom is -0.394 e. The van der Waals surface area contributed by atoms with Crippen LogP contribution in [0.4, 0.5) is 18.9 Å². The molecule has 0 aliphatic heterocycles. The van der Waals surface area contributed by atoms with Crippen molar-refractivity contribution >= 4 is 5.69 Å². The maximum atomic E-state index is 12.5. The van der Waals surface area contributed by atoms with E-state index in [2.05, 4.69) is 5.32 Å². The standard InChI is InChI=1S/C12H13F3N2O/c1-2-10(7-18)17-11-4-3-9(12(13,14)15)5-8(11)6-16/h3-5,10,17-18H,2,7H2,1H3. The number of anilines is 1. The highest BCUT2D eigenvalue weighted by Gasteiger charge is 2.31. The van der Waals surface area contributed by atoms with E-state index in [1.54, 1.807) is 6.07 Å². The van der Waals surface area contributed by atoms with Gasteiger partial charge in [0.15, 0.2) is 0 Å². The van der Waals surface area contributed by atoms with E-state index >= 15 is 0 Å². The van der Waals surface area contributed by atoms with Gasteiger partial charge in [0.05, 0.1) is 23.4 Å². The molecule has 0 saturated heterocycles. The second kappa shape index (κ2) is 5.74. The van der Waals surface area contributed by atoms with Gasteiger partial charge in [-0.25, -0.2) is 0 Å². The molecule has 1 atom stereocenters. The molecule has 98 valence electrons. The van der Waals surface area contributed by atoms with Gasteiger partial charge in [-0.15, -0.1) is 0 Å². The number of aliphatic hydroxyl groups excluding tert-OH is 1. The van der Waals surface area contributed by atoms with E-state index in [1.807, 2.05) is 6.92 Å². The quantitative estimate of drug-likeness (QED) is 0.873. The number of alkyl halides is 3. The summed E-state index contributed by atoms with van der Waals surface area (Å²) in [6, 6.07) is 4.35. The second-order valence-electron chi connectivity index (χ2n) is 3.80. The zero-order valence-corrected chi connectivity index (χ0v) is 9.75. The van der Waals surface area contributed by atoms with E-state index < -0.39 is 11.7 Å². The fraction of sp³-hybridized carbons (Fsp3) is 0.417. The van der Waals surface area contributed by atoms with Gasteiger partial charge >= 0.3 is 6.18 Å². The van der Waals surface area contributed by atoms with Crippen LogP contribution in [-0.4, -0.2) is 17.8 Å². The normalized spacial score (nSPS) is 12.9. The Balaban J connectivity index is 3.05. The predicted octanol–water partition coefficient (Wildman–Crippen LogP) is 2.76. The third-order valence-corrected chi connectivity index (χ3v) is 2.54. The highest BCUT2D eigenvalue weighted by molar-refractivity contribution is 5.59. The first kappa shape index (κ1) is 14.3. The van der Waals surface area contributed by atoms with Crippen molar-refractivity contribution in [2.45, 2.75) is 25.6 Å². The molecule has 1 aromatic rings. The zero-order chi connectivity index (χ0) is 13.8. The predicted molar refractivity (Wildman–Crippen MR) is 60.9 cm³/mol. The smallest absolute Gasteiger partial charge is 0.394 e.